The summed E-state index contributed by atoms with van der Waals surface area (Å²) in [6.07, 6.45) is 3.34. The normalized spacial score (nSPS) is 20.7. The second-order valence-electron chi connectivity index (χ2n) is 7.99. The largest absolute Gasteiger partial charge is 0.382 e. The van der Waals surface area contributed by atoms with Crippen LogP contribution in [0.1, 0.15) is 30.9 Å². The lowest BCUT2D eigenvalue weighted by atomic mass is 10.0. The molecule has 1 aromatic carbocycles. The molecule has 2 heterocycles. The van der Waals surface area contributed by atoms with Gasteiger partial charge in [-0.05, 0) is 44.5 Å². The van der Waals surface area contributed by atoms with Crippen LogP contribution in [0.3, 0.4) is 0 Å². The van der Waals surface area contributed by atoms with Gasteiger partial charge in [0, 0.05) is 50.3 Å². The standard InChI is InChI=1S/C22H34ClFN4O2.HI/c1-25-22(28-11-8-17(15-28)16-30-13-12-29-2)26-14-20(27-9-3-4-10-27)21-18(23)6-5-7-19(21)24;/h5-7,17,20H,3-4,8-16H2,1-2H3,(H,25,26);1H. The van der Waals surface area contributed by atoms with E-state index in [1.54, 1.807) is 26.3 Å². The van der Waals surface area contributed by atoms with Crippen LogP contribution in [0.25, 0.3) is 0 Å². The molecule has 1 N–H and O–H groups in total. The number of guanidine groups is 1. The van der Waals surface area contributed by atoms with Gasteiger partial charge in [0.25, 0.3) is 0 Å². The molecule has 0 amide bonds. The number of halogens is 3. The third kappa shape index (κ3) is 7.42. The molecule has 0 radical (unpaired) electrons. The van der Waals surface area contributed by atoms with Crippen LogP contribution in [-0.4, -0.2) is 82.5 Å². The van der Waals surface area contributed by atoms with Crippen molar-refractivity contribution >= 4 is 41.5 Å². The number of nitrogens with one attached hydrogen (secondary N) is 1. The molecule has 2 unspecified atom stereocenters. The molecule has 0 spiro atoms. The molecule has 6 nitrogen and oxygen atoms in total. The number of aliphatic imine (C=N–C) groups is 1. The first-order valence-corrected chi connectivity index (χ1v) is 11.2. The van der Waals surface area contributed by atoms with Gasteiger partial charge in [-0.25, -0.2) is 4.39 Å². The summed E-state index contributed by atoms with van der Waals surface area (Å²) >= 11 is 6.41. The van der Waals surface area contributed by atoms with E-state index in [-0.39, 0.29) is 35.8 Å². The summed E-state index contributed by atoms with van der Waals surface area (Å²) in [4.78, 5) is 9.06. The highest BCUT2D eigenvalue weighted by Gasteiger charge is 2.30. The van der Waals surface area contributed by atoms with Crippen molar-refractivity contribution in [2.75, 3.05) is 66.7 Å². The van der Waals surface area contributed by atoms with E-state index >= 15 is 0 Å². The lowest BCUT2D eigenvalue weighted by Crippen LogP contribution is -2.44. The molecule has 2 atom stereocenters. The predicted molar refractivity (Wildman–Crippen MR) is 134 cm³/mol. The minimum absolute atomic E-state index is 0. The Morgan fingerprint density at radius 1 is 1.29 bits per heavy atom. The Morgan fingerprint density at radius 2 is 2.06 bits per heavy atom. The van der Waals surface area contributed by atoms with E-state index in [2.05, 4.69) is 20.1 Å². The van der Waals surface area contributed by atoms with Crippen molar-refractivity contribution in [2.45, 2.75) is 25.3 Å². The number of hydrogen-bond acceptors (Lipinski definition) is 4. The molecule has 2 aliphatic heterocycles. The van der Waals surface area contributed by atoms with E-state index in [4.69, 9.17) is 21.1 Å². The van der Waals surface area contributed by atoms with Gasteiger partial charge in [0.15, 0.2) is 5.96 Å². The summed E-state index contributed by atoms with van der Waals surface area (Å²) in [5.74, 6) is 1.09. The lowest BCUT2D eigenvalue weighted by molar-refractivity contribution is 0.0536. The highest BCUT2D eigenvalue weighted by atomic mass is 127. The molecule has 2 aliphatic rings. The first-order valence-electron chi connectivity index (χ1n) is 10.8. The van der Waals surface area contributed by atoms with Crippen molar-refractivity contribution in [3.05, 3.63) is 34.6 Å². The van der Waals surface area contributed by atoms with Gasteiger partial charge in [-0.3, -0.25) is 9.89 Å². The van der Waals surface area contributed by atoms with Gasteiger partial charge >= 0.3 is 0 Å². The molecule has 1 aromatic rings. The van der Waals surface area contributed by atoms with E-state index in [1.807, 2.05) is 0 Å². The van der Waals surface area contributed by atoms with Crippen molar-refractivity contribution in [3.8, 4) is 0 Å². The van der Waals surface area contributed by atoms with Gasteiger partial charge in [0.05, 0.1) is 25.9 Å². The molecule has 9 heteroatoms. The molecule has 31 heavy (non-hydrogen) atoms. The average Bonchev–Trinajstić information content (AvgIpc) is 3.42. The van der Waals surface area contributed by atoms with E-state index in [0.717, 1.165) is 58.0 Å². The number of methoxy groups -OCH3 is 1. The number of rotatable bonds is 9. The smallest absolute Gasteiger partial charge is 0.193 e. The maximum atomic E-state index is 14.7. The second kappa shape index (κ2) is 13.8. The maximum Gasteiger partial charge on any atom is 0.193 e. The fourth-order valence-corrected chi connectivity index (χ4v) is 4.66. The van der Waals surface area contributed by atoms with Crippen molar-refractivity contribution < 1.29 is 13.9 Å². The highest BCUT2D eigenvalue weighted by molar-refractivity contribution is 14.0. The quantitative estimate of drug-likeness (QED) is 0.213. The summed E-state index contributed by atoms with van der Waals surface area (Å²) < 4.78 is 25.4. The Kier molecular flexibility index (Phi) is 11.8. The molecule has 0 aromatic heterocycles. The maximum absolute atomic E-state index is 14.7. The number of benzene rings is 1. The minimum Gasteiger partial charge on any atom is -0.382 e. The highest BCUT2D eigenvalue weighted by Crippen LogP contribution is 2.32. The Labute approximate surface area is 207 Å². The Morgan fingerprint density at radius 3 is 2.74 bits per heavy atom. The van der Waals surface area contributed by atoms with Gasteiger partial charge in [-0.1, -0.05) is 17.7 Å². The zero-order valence-corrected chi connectivity index (χ0v) is 21.6. The fraction of sp³-hybridized carbons (Fsp3) is 0.682. The Hall–Kier alpha value is -0.680. The Bertz CT molecular complexity index is 686. The van der Waals surface area contributed by atoms with E-state index in [0.29, 0.717) is 36.3 Å². The molecule has 2 fully saturated rings. The summed E-state index contributed by atoms with van der Waals surface area (Å²) in [7, 11) is 3.48. The topological polar surface area (TPSA) is 49.3 Å². The van der Waals surface area contributed by atoms with E-state index in [1.165, 1.54) is 6.07 Å². The summed E-state index contributed by atoms with van der Waals surface area (Å²) in [6, 6.07) is 4.81. The summed E-state index contributed by atoms with van der Waals surface area (Å²) in [5.41, 5.74) is 0.579. The molecule has 2 saturated heterocycles. The van der Waals surface area contributed by atoms with Crippen LogP contribution >= 0.6 is 35.6 Å². The van der Waals surface area contributed by atoms with Crippen LogP contribution < -0.4 is 5.32 Å². The predicted octanol–water partition coefficient (Wildman–Crippen LogP) is 3.79. The molecular formula is C22H35ClFIN4O2. The van der Waals surface area contributed by atoms with Crippen LogP contribution in [-0.2, 0) is 9.47 Å². The number of likely N-dealkylation sites (tertiary alicyclic amines) is 2. The SMILES string of the molecule is CN=C(NCC(c1c(F)cccc1Cl)N1CCCC1)N1CCC(COCCOC)C1.I. The van der Waals surface area contributed by atoms with Gasteiger partial charge in [-0.2, -0.15) is 0 Å². The fourth-order valence-electron chi connectivity index (χ4n) is 4.37. The van der Waals surface area contributed by atoms with Gasteiger partial charge in [0.2, 0.25) is 0 Å². The molecular weight excluding hydrogens is 534 g/mol. The molecule has 0 aliphatic carbocycles. The third-order valence-electron chi connectivity index (χ3n) is 5.95. The molecule has 176 valence electrons. The van der Waals surface area contributed by atoms with Crippen LogP contribution in [0.15, 0.2) is 23.2 Å². The monoisotopic (exact) mass is 568 g/mol. The average molecular weight is 569 g/mol. The number of ether oxygens (including phenoxy) is 2. The minimum atomic E-state index is -0.245. The van der Waals surface area contributed by atoms with Crippen molar-refractivity contribution in [1.29, 1.82) is 0 Å². The first kappa shape index (κ1) is 26.6. The second-order valence-corrected chi connectivity index (χ2v) is 8.40. The summed E-state index contributed by atoms with van der Waals surface area (Å²) in [6.45, 7) is 6.31. The van der Waals surface area contributed by atoms with Crippen LogP contribution in [0.2, 0.25) is 5.02 Å². The van der Waals surface area contributed by atoms with Gasteiger partial charge in [-0.15, -0.1) is 24.0 Å². The van der Waals surface area contributed by atoms with Gasteiger partial charge < -0.3 is 19.7 Å². The van der Waals surface area contributed by atoms with E-state index < -0.39 is 0 Å². The Balaban J connectivity index is 0.00000341. The third-order valence-corrected chi connectivity index (χ3v) is 6.28. The van der Waals surface area contributed by atoms with Crippen LogP contribution in [0.5, 0.6) is 0 Å². The number of nitrogens with zero attached hydrogens (tertiary/aromatic N) is 3. The van der Waals surface area contributed by atoms with Gasteiger partial charge in [0.1, 0.15) is 5.82 Å². The van der Waals surface area contributed by atoms with Crippen LogP contribution in [0.4, 0.5) is 4.39 Å². The summed E-state index contributed by atoms with van der Waals surface area (Å²) in [5, 5.41) is 3.97. The number of hydrogen-bond donors (Lipinski definition) is 1. The van der Waals surface area contributed by atoms with Crippen LogP contribution in [0, 0.1) is 11.7 Å². The van der Waals surface area contributed by atoms with Crippen molar-refractivity contribution in [3.63, 3.8) is 0 Å². The molecule has 0 saturated carbocycles. The van der Waals surface area contributed by atoms with E-state index in [9.17, 15) is 4.39 Å². The van der Waals surface area contributed by atoms with Crippen molar-refractivity contribution in [1.82, 2.24) is 15.1 Å². The van der Waals surface area contributed by atoms with Crippen molar-refractivity contribution in [2.24, 2.45) is 10.9 Å². The zero-order valence-electron chi connectivity index (χ0n) is 18.5. The lowest BCUT2D eigenvalue weighted by Gasteiger charge is -2.31. The zero-order chi connectivity index (χ0) is 21.3. The molecule has 0 bridgehead atoms. The first-order chi connectivity index (χ1) is 14.6. The molecule has 3 rings (SSSR count).